The maximum atomic E-state index is 13.2. The average Bonchev–Trinajstić information content (AvgIpc) is 2.52. The van der Waals surface area contributed by atoms with Gasteiger partial charge in [-0.15, -0.1) is 0 Å². The van der Waals surface area contributed by atoms with Gasteiger partial charge in [-0.3, -0.25) is 0 Å². The van der Waals surface area contributed by atoms with E-state index in [-0.39, 0.29) is 0 Å². The van der Waals surface area contributed by atoms with E-state index in [9.17, 15) is 13.6 Å². The highest BCUT2D eigenvalue weighted by Gasteiger charge is 2.12. The lowest BCUT2D eigenvalue weighted by Crippen LogP contribution is -2.31. The van der Waals surface area contributed by atoms with E-state index < -0.39 is 23.7 Å². The Bertz CT molecular complexity index is 675. The van der Waals surface area contributed by atoms with Crippen molar-refractivity contribution in [2.45, 2.75) is 19.9 Å². The molecule has 0 heterocycles. The first-order chi connectivity index (χ1) is 11.0. The SMILES string of the molecule is CCOc1ccc(NC(=O)N[C@H](C)c2ccc(F)c(F)c2)cc1. The Labute approximate surface area is 133 Å². The van der Waals surface area contributed by atoms with Crippen molar-refractivity contribution in [2.24, 2.45) is 0 Å². The van der Waals surface area contributed by atoms with Crippen LogP contribution in [0.1, 0.15) is 25.5 Å². The van der Waals surface area contributed by atoms with E-state index in [1.165, 1.54) is 6.07 Å². The Morgan fingerprint density at radius 1 is 1.13 bits per heavy atom. The first-order valence-corrected chi connectivity index (χ1v) is 7.25. The van der Waals surface area contributed by atoms with E-state index in [4.69, 9.17) is 4.74 Å². The molecule has 0 aromatic heterocycles. The standard InChI is InChI=1S/C17H18F2N2O2/c1-3-23-14-7-5-13(6-8-14)21-17(22)20-11(2)12-4-9-15(18)16(19)10-12/h4-11H,3H2,1-2H3,(H2,20,21,22)/t11-/m1/s1. The van der Waals surface area contributed by atoms with Gasteiger partial charge >= 0.3 is 6.03 Å². The minimum atomic E-state index is -0.942. The van der Waals surface area contributed by atoms with E-state index >= 15 is 0 Å². The van der Waals surface area contributed by atoms with Crippen molar-refractivity contribution in [2.75, 3.05) is 11.9 Å². The van der Waals surface area contributed by atoms with Crippen LogP contribution >= 0.6 is 0 Å². The van der Waals surface area contributed by atoms with Gasteiger partial charge in [0.15, 0.2) is 11.6 Å². The third-order valence-electron chi connectivity index (χ3n) is 3.21. The second kappa shape index (κ2) is 7.58. The molecule has 23 heavy (non-hydrogen) atoms. The number of carbonyl (C=O) groups is 1. The van der Waals surface area contributed by atoms with Crippen LogP contribution in [0.2, 0.25) is 0 Å². The molecule has 0 radical (unpaired) electrons. The van der Waals surface area contributed by atoms with Gasteiger partial charge < -0.3 is 15.4 Å². The normalized spacial score (nSPS) is 11.7. The number of ether oxygens (including phenoxy) is 1. The van der Waals surface area contributed by atoms with Gasteiger partial charge in [0, 0.05) is 5.69 Å². The number of hydrogen-bond acceptors (Lipinski definition) is 2. The van der Waals surface area contributed by atoms with Crippen molar-refractivity contribution in [3.8, 4) is 5.75 Å². The van der Waals surface area contributed by atoms with Crippen molar-refractivity contribution in [1.82, 2.24) is 5.32 Å². The largest absolute Gasteiger partial charge is 0.494 e. The molecule has 122 valence electrons. The third kappa shape index (κ3) is 4.67. The predicted octanol–water partition coefficient (Wildman–Crippen LogP) is 4.25. The number of hydrogen-bond donors (Lipinski definition) is 2. The summed E-state index contributed by atoms with van der Waals surface area (Å²) in [5.74, 6) is -1.14. The van der Waals surface area contributed by atoms with E-state index in [0.29, 0.717) is 23.6 Å². The fourth-order valence-corrected chi connectivity index (χ4v) is 2.03. The average molecular weight is 320 g/mol. The van der Waals surface area contributed by atoms with Crippen molar-refractivity contribution < 1.29 is 18.3 Å². The fraction of sp³-hybridized carbons (Fsp3) is 0.235. The highest BCUT2D eigenvalue weighted by Crippen LogP contribution is 2.18. The van der Waals surface area contributed by atoms with Gasteiger partial charge in [-0.2, -0.15) is 0 Å². The van der Waals surface area contributed by atoms with Gasteiger partial charge in [-0.05, 0) is 55.8 Å². The molecule has 0 saturated heterocycles. The summed E-state index contributed by atoms with van der Waals surface area (Å²) in [4.78, 5) is 11.9. The van der Waals surface area contributed by atoms with Gasteiger partial charge in [-0.1, -0.05) is 6.07 Å². The number of anilines is 1. The molecule has 0 bridgehead atoms. The number of benzene rings is 2. The molecule has 2 aromatic carbocycles. The summed E-state index contributed by atoms with van der Waals surface area (Å²) in [6.07, 6.45) is 0. The molecule has 0 spiro atoms. The second-order valence-electron chi connectivity index (χ2n) is 4.95. The number of nitrogens with one attached hydrogen (secondary N) is 2. The molecule has 2 amide bonds. The number of amides is 2. The lowest BCUT2D eigenvalue weighted by atomic mass is 10.1. The van der Waals surface area contributed by atoms with Gasteiger partial charge in [0.2, 0.25) is 0 Å². The van der Waals surface area contributed by atoms with Crippen molar-refractivity contribution in [3.05, 3.63) is 59.7 Å². The molecule has 0 aliphatic heterocycles. The Balaban J connectivity index is 1.94. The maximum absolute atomic E-state index is 13.2. The summed E-state index contributed by atoms with van der Waals surface area (Å²) in [5, 5.41) is 5.33. The zero-order chi connectivity index (χ0) is 16.8. The van der Waals surface area contributed by atoms with Crippen LogP contribution in [0.25, 0.3) is 0 Å². The maximum Gasteiger partial charge on any atom is 0.319 e. The molecule has 4 nitrogen and oxygen atoms in total. The minimum absolute atomic E-state index is 0.439. The van der Waals surface area contributed by atoms with Gasteiger partial charge in [-0.25, -0.2) is 13.6 Å². The first-order valence-electron chi connectivity index (χ1n) is 7.25. The van der Waals surface area contributed by atoms with E-state index in [1.807, 2.05) is 6.92 Å². The summed E-state index contributed by atoms with van der Waals surface area (Å²) in [6.45, 7) is 4.14. The molecule has 0 unspecified atom stereocenters. The van der Waals surface area contributed by atoms with Crippen LogP contribution in [0.4, 0.5) is 19.3 Å². The molecule has 2 N–H and O–H groups in total. The van der Waals surface area contributed by atoms with Crippen LogP contribution < -0.4 is 15.4 Å². The number of urea groups is 1. The minimum Gasteiger partial charge on any atom is -0.494 e. The highest BCUT2D eigenvalue weighted by atomic mass is 19.2. The van der Waals surface area contributed by atoms with Gasteiger partial charge in [0.25, 0.3) is 0 Å². The van der Waals surface area contributed by atoms with Crippen molar-refractivity contribution in [1.29, 1.82) is 0 Å². The summed E-state index contributed by atoms with van der Waals surface area (Å²) in [5.41, 5.74) is 1.08. The van der Waals surface area contributed by atoms with E-state index in [1.54, 1.807) is 31.2 Å². The number of halogens is 2. The van der Waals surface area contributed by atoms with E-state index in [2.05, 4.69) is 10.6 Å². The Kier molecular flexibility index (Phi) is 5.51. The number of rotatable bonds is 5. The Morgan fingerprint density at radius 2 is 1.83 bits per heavy atom. The monoisotopic (exact) mass is 320 g/mol. The summed E-state index contributed by atoms with van der Waals surface area (Å²) in [6, 6.07) is 9.55. The smallest absolute Gasteiger partial charge is 0.319 e. The molecular weight excluding hydrogens is 302 g/mol. The van der Waals surface area contributed by atoms with Crippen LogP contribution in [0.3, 0.4) is 0 Å². The molecule has 6 heteroatoms. The summed E-state index contributed by atoms with van der Waals surface area (Å²) in [7, 11) is 0. The second-order valence-corrected chi connectivity index (χ2v) is 4.95. The molecule has 2 aromatic rings. The number of carbonyl (C=O) groups excluding carboxylic acids is 1. The lowest BCUT2D eigenvalue weighted by molar-refractivity contribution is 0.249. The fourth-order valence-electron chi connectivity index (χ4n) is 2.03. The van der Waals surface area contributed by atoms with Gasteiger partial charge in [0.05, 0.1) is 12.6 Å². The Hall–Kier alpha value is -2.63. The molecule has 0 aliphatic rings. The zero-order valence-corrected chi connectivity index (χ0v) is 12.9. The van der Waals surface area contributed by atoms with Crippen LogP contribution in [-0.4, -0.2) is 12.6 Å². The van der Waals surface area contributed by atoms with Gasteiger partial charge in [0.1, 0.15) is 5.75 Å². The zero-order valence-electron chi connectivity index (χ0n) is 12.9. The topological polar surface area (TPSA) is 50.4 Å². The lowest BCUT2D eigenvalue weighted by Gasteiger charge is -2.15. The predicted molar refractivity (Wildman–Crippen MR) is 84.5 cm³/mol. The van der Waals surface area contributed by atoms with Crippen LogP contribution in [0.5, 0.6) is 5.75 Å². The first kappa shape index (κ1) is 16.7. The highest BCUT2D eigenvalue weighted by molar-refractivity contribution is 5.89. The quantitative estimate of drug-likeness (QED) is 0.865. The molecule has 0 fully saturated rings. The third-order valence-corrected chi connectivity index (χ3v) is 3.21. The molecule has 0 aliphatic carbocycles. The van der Waals surface area contributed by atoms with Crippen LogP contribution in [0.15, 0.2) is 42.5 Å². The summed E-state index contributed by atoms with van der Waals surface area (Å²) >= 11 is 0. The Morgan fingerprint density at radius 3 is 2.43 bits per heavy atom. The molecule has 2 rings (SSSR count). The van der Waals surface area contributed by atoms with Crippen LogP contribution in [0, 0.1) is 11.6 Å². The van der Waals surface area contributed by atoms with Crippen molar-refractivity contribution >= 4 is 11.7 Å². The van der Waals surface area contributed by atoms with Crippen LogP contribution in [-0.2, 0) is 0 Å². The molecule has 0 saturated carbocycles. The van der Waals surface area contributed by atoms with E-state index in [0.717, 1.165) is 12.1 Å². The molecule has 1 atom stereocenters. The van der Waals surface area contributed by atoms with Crippen molar-refractivity contribution in [3.63, 3.8) is 0 Å². The summed E-state index contributed by atoms with van der Waals surface area (Å²) < 4.78 is 31.4. The molecular formula is C17H18F2N2O2.